The number of aliphatic carboxylic acids is 3. The summed E-state index contributed by atoms with van der Waals surface area (Å²) >= 11 is 0. The summed E-state index contributed by atoms with van der Waals surface area (Å²) in [6.07, 6.45) is 22.3. The lowest BCUT2D eigenvalue weighted by Crippen LogP contribution is -2.59. The van der Waals surface area contributed by atoms with Crippen molar-refractivity contribution in [2.45, 2.75) is 122 Å². The van der Waals surface area contributed by atoms with E-state index in [0.29, 0.717) is 6.42 Å². The highest BCUT2D eigenvalue weighted by molar-refractivity contribution is 5.72. The molecule has 0 aromatic carbocycles. The molecule has 0 radical (unpaired) electrons. The van der Waals surface area contributed by atoms with Gasteiger partial charge in [0.25, 0.3) is 0 Å². The topological polar surface area (TPSA) is 115 Å². The van der Waals surface area contributed by atoms with Gasteiger partial charge in [-0.25, -0.2) is 9.59 Å². The fraction of sp³-hybridized carbons (Fsp3) is 0.885. The van der Waals surface area contributed by atoms with Crippen LogP contribution in [0.5, 0.6) is 0 Å². The Labute approximate surface area is 201 Å². The van der Waals surface area contributed by atoms with E-state index in [-0.39, 0.29) is 6.54 Å². The van der Waals surface area contributed by atoms with Gasteiger partial charge in [-0.05, 0) is 12.8 Å². The van der Waals surface area contributed by atoms with Gasteiger partial charge in [0.05, 0.1) is 12.5 Å². The molecule has 0 aromatic rings. The van der Waals surface area contributed by atoms with E-state index < -0.39 is 42.0 Å². The van der Waals surface area contributed by atoms with E-state index >= 15 is 0 Å². The number of unbranched alkanes of at least 4 members (excludes halogenated alkanes) is 17. The fourth-order valence-electron chi connectivity index (χ4n) is 4.60. The molecule has 0 fully saturated rings. The molecule has 0 amide bonds. The molecule has 7 nitrogen and oxygen atoms in total. The molecule has 2 N–H and O–H groups in total. The van der Waals surface area contributed by atoms with Crippen LogP contribution in [0, 0.1) is 0 Å². The Bertz CT molecular complexity index is 482. The summed E-state index contributed by atoms with van der Waals surface area (Å²) in [5.41, 5.74) is 0. The number of rotatable bonds is 25. The van der Waals surface area contributed by atoms with Gasteiger partial charge >= 0.3 is 11.9 Å². The van der Waals surface area contributed by atoms with Crippen molar-refractivity contribution in [3.63, 3.8) is 0 Å². The molecule has 0 aromatic heterocycles. The fourth-order valence-corrected chi connectivity index (χ4v) is 4.60. The van der Waals surface area contributed by atoms with E-state index in [9.17, 15) is 19.5 Å². The smallest absolute Gasteiger partial charge is 0.359 e. The molecule has 0 rings (SSSR count). The third-order valence-corrected chi connectivity index (χ3v) is 6.39. The van der Waals surface area contributed by atoms with E-state index in [4.69, 9.17) is 10.2 Å². The van der Waals surface area contributed by atoms with Crippen molar-refractivity contribution in [1.29, 1.82) is 0 Å². The average molecular weight is 472 g/mol. The molecule has 0 aliphatic rings. The average Bonchev–Trinajstić information content (AvgIpc) is 2.71. The molecule has 194 valence electrons. The molecule has 0 heterocycles. The van der Waals surface area contributed by atoms with Crippen LogP contribution < -0.4 is 5.11 Å². The molecule has 0 unspecified atom stereocenters. The van der Waals surface area contributed by atoms with Crippen molar-refractivity contribution in [3.8, 4) is 0 Å². The third-order valence-electron chi connectivity index (χ3n) is 6.39. The van der Waals surface area contributed by atoms with E-state index in [1.165, 1.54) is 89.9 Å². The minimum Gasteiger partial charge on any atom is -0.544 e. The van der Waals surface area contributed by atoms with Crippen LogP contribution in [0.1, 0.15) is 122 Å². The molecular formula is C26H49NO6. The first-order chi connectivity index (χ1) is 15.8. The number of carbonyl (C=O) groups excluding carboxylic acids is 1. The molecule has 0 spiro atoms. The van der Waals surface area contributed by atoms with E-state index in [0.717, 1.165) is 19.3 Å². The zero-order valence-electron chi connectivity index (χ0n) is 21.0. The summed E-state index contributed by atoms with van der Waals surface area (Å²) in [7, 11) is 0. The van der Waals surface area contributed by atoms with Crippen LogP contribution in [-0.2, 0) is 14.4 Å². The van der Waals surface area contributed by atoms with Gasteiger partial charge in [0.2, 0.25) is 0 Å². The van der Waals surface area contributed by atoms with Gasteiger partial charge in [-0.2, -0.15) is 0 Å². The van der Waals surface area contributed by atoms with Gasteiger partial charge in [0.15, 0.2) is 13.1 Å². The lowest BCUT2D eigenvalue weighted by molar-refractivity contribution is -0.909. The lowest BCUT2D eigenvalue weighted by Gasteiger charge is -2.36. The zero-order valence-corrected chi connectivity index (χ0v) is 21.0. The largest absolute Gasteiger partial charge is 0.544 e. The molecule has 0 saturated heterocycles. The first kappa shape index (κ1) is 31.4. The van der Waals surface area contributed by atoms with Crippen LogP contribution in [0.15, 0.2) is 0 Å². The Morgan fingerprint density at radius 3 is 1.12 bits per heavy atom. The van der Waals surface area contributed by atoms with E-state index in [1.807, 2.05) is 0 Å². The number of hydrogen-bond acceptors (Lipinski definition) is 4. The number of carboxylic acids is 3. The molecule has 0 atom stereocenters. The second-order valence-corrected chi connectivity index (χ2v) is 9.71. The highest BCUT2D eigenvalue weighted by Crippen LogP contribution is 2.15. The third kappa shape index (κ3) is 20.7. The highest BCUT2D eigenvalue weighted by atomic mass is 16.4. The molecule has 0 aliphatic heterocycles. The van der Waals surface area contributed by atoms with Gasteiger partial charge < -0.3 is 24.6 Å². The number of quaternary nitrogens is 1. The standard InChI is InChI=1S/C26H49NO6/c1-2-3-4-5-6-7-8-9-10-11-12-13-14-15-16-17-18-19-20-27(21-24(28)29,22-25(30)31)23-26(32)33/h2-23H2,1H3,(H2-,28,29,30,31,32,33). The minimum atomic E-state index is -1.42. The summed E-state index contributed by atoms with van der Waals surface area (Å²) < 4.78 is -0.494. The first-order valence-corrected chi connectivity index (χ1v) is 13.3. The molecule has 0 bridgehead atoms. The Morgan fingerprint density at radius 1 is 0.545 bits per heavy atom. The predicted molar refractivity (Wildman–Crippen MR) is 129 cm³/mol. The van der Waals surface area contributed by atoms with Crippen molar-refractivity contribution < 1.29 is 34.2 Å². The Balaban J connectivity index is 3.73. The highest BCUT2D eigenvalue weighted by Gasteiger charge is 2.33. The van der Waals surface area contributed by atoms with Gasteiger partial charge in [0.1, 0.15) is 6.54 Å². The molecule has 0 aliphatic carbocycles. The first-order valence-electron chi connectivity index (χ1n) is 13.3. The maximum atomic E-state index is 11.1. The van der Waals surface area contributed by atoms with E-state index in [1.54, 1.807) is 0 Å². The summed E-state index contributed by atoms with van der Waals surface area (Å²) in [6, 6.07) is 0. The Morgan fingerprint density at radius 2 is 0.848 bits per heavy atom. The summed E-state index contributed by atoms with van der Waals surface area (Å²) in [5.74, 6) is -3.81. The molecule has 0 saturated carbocycles. The Hall–Kier alpha value is -1.63. The zero-order chi connectivity index (χ0) is 24.8. The van der Waals surface area contributed by atoms with Gasteiger partial charge in [-0.15, -0.1) is 0 Å². The number of carbonyl (C=O) groups is 3. The summed E-state index contributed by atoms with van der Waals surface area (Å²) in [5, 5.41) is 29.3. The number of nitrogens with zero attached hydrogens (tertiary/aromatic N) is 1. The maximum Gasteiger partial charge on any atom is 0.359 e. The van der Waals surface area contributed by atoms with Crippen molar-refractivity contribution in [3.05, 3.63) is 0 Å². The van der Waals surface area contributed by atoms with Crippen molar-refractivity contribution in [2.75, 3.05) is 26.2 Å². The van der Waals surface area contributed by atoms with E-state index in [2.05, 4.69) is 6.92 Å². The van der Waals surface area contributed by atoms with Gasteiger partial charge in [0, 0.05) is 0 Å². The summed E-state index contributed by atoms with van der Waals surface area (Å²) in [6.45, 7) is 0.868. The lowest BCUT2D eigenvalue weighted by atomic mass is 10.0. The van der Waals surface area contributed by atoms with Crippen LogP contribution in [0.3, 0.4) is 0 Å². The number of carboxylic acid groups (broad SMARTS) is 3. The number of hydrogen-bond donors (Lipinski definition) is 2. The summed E-state index contributed by atoms with van der Waals surface area (Å²) in [4.78, 5) is 33.4. The molecule has 7 heteroatoms. The van der Waals surface area contributed by atoms with Gasteiger partial charge in [-0.3, -0.25) is 0 Å². The Kier molecular flexibility index (Phi) is 19.9. The maximum absolute atomic E-state index is 11.1. The van der Waals surface area contributed by atoms with Crippen molar-refractivity contribution >= 4 is 17.9 Å². The van der Waals surface area contributed by atoms with Crippen LogP contribution in [0.2, 0.25) is 0 Å². The second kappa shape index (κ2) is 20.9. The quantitative estimate of drug-likeness (QED) is 0.146. The van der Waals surface area contributed by atoms with Gasteiger partial charge in [-0.1, -0.05) is 110 Å². The second-order valence-electron chi connectivity index (χ2n) is 9.71. The normalized spacial score (nSPS) is 11.5. The van der Waals surface area contributed by atoms with Crippen molar-refractivity contribution in [1.82, 2.24) is 0 Å². The van der Waals surface area contributed by atoms with Crippen LogP contribution in [0.4, 0.5) is 0 Å². The van der Waals surface area contributed by atoms with Crippen LogP contribution in [-0.4, -0.2) is 58.8 Å². The predicted octanol–water partition coefficient (Wildman–Crippen LogP) is 4.76. The monoisotopic (exact) mass is 471 g/mol. The van der Waals surface area contributed by atoms with Crippen LogP contribution in [0.25, 0.3) is 0 Å². The van der Waals surface area contributed by atoms with Crippen molar-refractivity contribution in [2.24, 2.45) is 0 Å². The van der Waals surface area contributed by atoms with Crippen LogP contribution >= 0.6 is 0 Å². The minimum absolute atomic E-state index is 0.228. The molecular weight excluding hydrogens is 422 g/mol. The SMILES string of the molecule is CCCCCCCCCCCCCCCCCCCC[N+](CC(=O)[O-])(CC(=O)O)CC(=O)O. The molecule has 33 heavy (non-hydrogen) atoms.